The molecule has 0 aliphatic rings. The van der Waals surface area contributed by atoms with Crippen molar-refractivity contribution in [2.45, 2.75) is 13.8 Å². The lowest BCUT2D eigenvalue weighted by Crippen LogP contribution is -2.06. The van der Waals surface area contributed by atoms with E-state index in [0.717, 1.165) is 11.3 Å². The van der Waals surface area contributed by atoms with Gasteiger partial charge in [0.2, 0.25) is 0 Å². The predicted molar refractivity (Wildman–Crippen MR) is 88.3 cm³/mol. The number of ether oxygens (including phenoxy) is 1. The molecule has 0 atom stereocenters. The zero-order valence-electron chi connectivity index (χ0n) is 12.7. The van der Waals surface area contributed by atoms with E-state index >= 15 is 0 Å². The van der Waals surface area contributed by atoms with Crippen LogP contribution < -0.4 is 10.2 Å². The van der Waals surface area contributed by atoms with E-state index in [0.29, 0.717) is 29.3 Å². The number of fused-ring (bicyclic) bond motifs is 1. The molecule has 0 aliphatic heterocycles. The minimum atomic E-state index is -0.0458. The van der Waals surface area contributed by atoms with E-state index in [9.17, 15) is 4.79 Å². The molecule has 0 saturated heterocycles. The fraction of sp³-hybridized carbons (Fsp3) is 0.211. The second-order valence-electron chi connectivity index (χ2n) is 5.67. The van der Waals surface area contributed by atoms with E-state index in [1.165, 1.54) is 6.07 Å². The Hall–Kier alpha value is -2.55. The van der Waals surface area contributed by atoms with Crippen molar-refractivity contribution in [2.24, 2.45) is 5.92 Å². The van der Waals surface area contributed by atoms with Gasteiger partial charge in [0.25, 0.3) is 0 Å². The summed E-state index contributed by atoms with van der Waals surface area (Å²) < 4.78 is 11.7. The van der Waals surface area contributed by atoms with Crippen molar-refractivity contribution in [1.82, 2.24) is 0 Å². The summed E-state index contributed by atoms with van der Waals surface area (Å²) in [4.78, 5) is 12.2. The Balaban J connectivity index is 2.09. The average Bonchev–Trinajstić information content (AvgIpc) is 2.53. The third-order valence-corrected chi connectivity index (χ3v) is 3.36. The van der Waals surface area contributed by atoms with Crippen LogP contribution in [0, 0.1) is 5.92 Å². The van der Waals surface area contributed by atoms with Gasteiger partial charge in [0, 0.05) is 6.07 Å². The molecular formula is C19H18O3. The summed E-state index contributed by atoms with van der Waals surface area (Å²) >= 11 is 0. The number of hydrogen-bond donors (Lipinski definition) is 0. The Morgan fingerprint density at radius 2 is 1.77 bits per heavy atom. The van der Waals surface area contributed by atoms with E-state index in [4.69, 9.17) is 9.15 Å². The molecule has 0 unspecified atom stereocenters. The molecule has 3 aromatic rings. The van der Waals surface area contributed by atoms with E-state index in [-0.39, 0.29) is 5.43 Å². The molecule has 1 heterocycles. The maximum Gasteiger partial charge on any atom is 0.193 e. The SMILES string of the molecule is CC(C)COc1ccccc1-c1cc(=O)c2ccccc2o1. The smallest absolute Gasteiger partial charge is 0.193 e. The van der Waals surface area contributed by atoms with Crippen molar-refractivity contribution >= 4 is 11.0 Å². The van der Waals surface area contributed by atoms with Gasteiger partial charge in [-0.3, -0.25) is 4.79 Å². The molecule has 0 bridgehead atoms. The summed E-state index contributed by atoms with van der Waals surface area (Å²) in [6.07, 6.45) is 0. The monoisotopic (exact) mass is 294 g/mol. The van der Waals surface area contributed by atoms with Gasteiger partial charge < -0.3 is 9.15 Å². The fourth-order valence-electron chi connectivity index (χ4n) is 2.29. The van der Waals surface area contributed by atoms with Gasteiger partial charge in [-0.1, -0.05) is 38.1 Å². The summed E-state index contributed by atoms with van der Waals surface area (Å²) in [5.41, 5.74) is 1.34. The van der Waals surface area contributed by atoms with Crippen molar-refractivity contribution in [2.75, 3.05) is 6.61 Å². The number of rotatable bonds is 4. The molecule has 2 aromatic carbocycles. The zero-order valence-corrected chi connectivity index (χ0v) is 12.7. The minimum Gasteiger partial charge on any atom is -0.493 e. The molecule has 1 aromatic heterocycles. The number of hydrogen-bond acceptors (Lipinski definition) is 3. The Bertz CT molecular complexity index is 846. The highest BCUT2D eigenvalue weighted by Gasteiger charge is 2.11. The van der Waals surface area contributed by atoms with E-state index in [2.05, 4.69) is 13.8 Å². The third-order valence-electron chi connectivity index (χ3n) is 3.36. The molecule has 0 radical (unpaired) electrons. The lowest BCUT2D eigenvalue weighted by Gasteiger charge is -2.12. The molecule has 3 nitrogen and oxygen atoms in total. The molecule has 0 aliphatic carbocycles. The van der Waals surface area contributed by atoms with E-state index in [1.54, 1.807) is 12.1 Å². The molecular weight excluding hydrogens is 276 g/mol. The fourth-order valence-corrected chi connectivity index (χ4v) is 2.29. The van der Waals surface area contributed by atoms with Crippen LogP contribution in [0.4, 0.5) is 0 Å². The molecule has 0 spiro atoms. The van der Waals surface area contributed by atoms with Crippen LogP contribution in [0.5, 0.6) is 5.75 Å². The summed E-state index contributed by atoms with van der Waals surface area (Å²) in [6.45, 7) is 4.81. The van der Waals surface area contributed by atoms with Crippen LogP contribution in [-0.4, -0.2) is 6.61 Å². The van der Waals surface area contributed by atoms with Gasteiger partial charge in [-0.25, -0.2) is 0 Å². The van der Waals surface area contributed by atoms with Gasteiger partial charge in [0.05, 0.1) is 17.6 Å². The highest BCUT2D eigenvalue weighted by molar-refractivity contribution is 5.79. The van der Waals surface area contributed by atoms with Crippen LogP contribution in [0.2, 0.25) is 0 Å². The Morgan fingerprint density at radius 1 is 1.05 bits per heavy atom. The minimum absolute atomic E-state index is 0.0458. The van der Waals surface area contributed by atoms with E-state index in [1.807, 2.05) is 36.4 Å². The first-order chi connectivity index (χ1) is 10.6. The molecule has 112 valence electrons. The van der Waals surface area contributed by atoms with Gasteiger partial charge in [0.1, 0.15) is 17.1 Å². The average molecular weight is 294 g/mol. The van der Waals surface area contributed by atoms with E-state index < -0.39 is 0 Å². The van der Waals surface area contributed by atoms with Crippen LogP contribution in [0.1, 0.15) is 13.8 Å². The van der Waals surface area contributed by atoms with Crippen molar-refractivity contribution < 1.29 is 9.15 Å². The Kier molecular flexibility index (Phi) is 3.96. The summed E-state index contributed by atoms with van der Waals surface area (Å²) in [5, 5.41) is 0.590. The second-order valence-corrected chi connectivity index (χ2v) is 5.67. The van der Waals surface area contributed by atoms with Gasteiger partial charge in [0.15, 0.2) is 5.43 Å². The lowest BCUT2D eigenvalue weighted by atomic mass is 10.1. The summed E-state index contributed by atoms with van der Waals surface area (Å²) in [5.74, 6) is 1.69. The molecule has 3 rings (SSSR count). The first-order valence-electron chi connectivity index (χ1n) is 7.40. The standard InChI is InChI=1S/C19H18O3/c1-13(2)12-21-17-9-5-4-8-15(17)19-11-16(20)14-7-3-6-10-18(14)22-19/h3-11,13H,12H2,1-2H3. The zero-order chi connectivity index (χ0) is 15.5. The van der Waals surface area contributed by atoms with Gasteiger partial charge in [-0.15, -0.1) is 0 Å². The van der Waals surface area contributed by atoms with Crippen LogP contribution in [0.25, 0.3) is 22.3 Å². The van der Waals surface area contributed by atoms with Crippen molar-refractivity contribution in [3.63, 3.8) is 0 Å². The Morgan fingerprint density at radius 3 is 2.59 bits per heavy atom. The normalized spacial score (nSPS) is 11.0. The molecule has 0 fully saturated rings. The predicted octanol–water partition coefficient (Wildman–Crippen LogP) is 4.49. The highest BCUT2D eigenvalue weighted by atomic mass is 16.5. The third kappa shape index (κ3) is 2.89. The molecule has 0 N–H and O–H groups in total. The maximum atomic E-state index is 12.2. The molecule has 0 saturated carbocycles. The summed E-state index contributed by atoms with van der Waals surface area (Å²) in [6, 6.07) is 16.4. The van der Waals surface area contributed by atoms with Gasteiger partial charge in [-0.2, -0.15) is 0 Å². The van der Waals surface area contributed by atoms with Crippen LogP contribution in [0.3, 0.4) is 0 Å². The van der Waals surface area contributed by atoms with Crippen molar-refractivity contribution in [1.29, 1.82) is 0 Å². The van der Waals surface area contributed by atoms with Crippen molar-refractivity contribution in [3.05, 3.63) is 64.8 Å². The van der Waals surface area contributed by atoms with Crippen LogP contribution in [0.15, 0.2) is 63.8 Å². The Labute approximate surface area is 129 Å². The largest absolute Gasteiger partial charge is 0.493 e. The lowest BCUT2D eigenvalue weighted by molar-refractivity contribution is 0.271. The van der Waals surface area contributed by atoms with Gasteiger partial charge >= 0.3 is 0 Å². The molecule has 3 heteroatoms. The first kappa shape index (κ1) is 14.4. The first-order valence-corrected chi connectivity index (χ1v) is 7.40. The highest BCUT2D eigenvalue weighted by Crippen LogP contribution is 2.30. The topological polar surface area (TPSA) is 39.4 Å². The van der Waals surface area contributed by atoms with Gasteiger partial charge in [-0.05, 0) is 30.2 Å². The number of para-hydroxylation sites is 2. The van der Waals surface area contributed by atoms with Crippen molar-refractivity contribution in [3.8, 4) is 17.1 Å². The second kappa shape index (κ2) is 6.06. The quantitative estimate of drug-likeness (QED) is 0.711. The molecule has 0 amide bonds. The molecule has 22 heavy (non-hydrogen) atoms. The maximum absolute atomic E-state index is 12.2. The van der Waals surface area contributed by atoms with Crippen LogP contribution in [-0.2, 0) is 0 Å². The number of benzene rings is 2. The summed E-state index contributed by atoms with van der Waals surface area (Å²) in [7, 11) is 0. The van der Waals surface area contributed by atoms with Crippen LogP contribution >= 0.6 is 0 Å².